The van der Waals surface area contributed by atoms with Gasteiger partial charge in [-0.05, 0) is 61.4 Å². The molecule has 176 valence electrons. The molecule has 0 unspecified atom stereocenters. The topological polar surface area (TPSA) is 92.1 Å². The first-order chi connectivity index (χ1) is 16.4. The highest BCUT2D eigenvalue weighted by Crippen LogP contribution is 2.22. The van der Waals surface area contributed by atoms with Crippen LogP contribution in [0.4, 0.5) is 5.69 Å². The number of carbonyl (C=O) groups excluding carboxylic acids is 3. The number of anilines is 1. The number of nitrogens with zero attached hydrogens (tertiary/aromatic N) is 2. The van der Waals surface area contributed by atoms with Gasteiger partial charge in [0, 0.05) is 43.0 Å². The van der Waals surface area contributed by atoms with Crippen LogP contribution in [0.25, 0.3) is 0 Å². The highest BCUT2D eigenvalue weighted by Gasteiger charge is 2.26. The number of nitrogens with one attached hydrogen (secondary N) is 1. The first-order valence-electron chi connectivity index (χ1n) is 11.1. The van der Waals surface area contributed by atoms with Crippen molar-refractivity contribution in [3.8, 4) is 5.75 Å². The fourth-order valence-electron chi connectivity index (χ4n) is 3.91. The Labute approximate surface area is 198 Å². The summed E-state index contributed by atoms with van der Waals surface area (Å²) < 4.78 is 10.5. The van der Waals surface area contributed by atoms with E-state index in [9.17, 15) is 14.4 Å². The molecule has 8 heteroatoms. The zero-order chi connectivity index (χ0) is 24.2. The molecule has 0 spiro atoms. The number of benzene rings is 2. The second-order valence-electron chi connectivity index (χ2n) is 8.23. The average Bonchev–Trinajstić information content (AvgIpc) is 3.40. The summed E-state index contributed by atoms with van der Waals surface area (Å²) in [5.41, 5.74) is 3.39. The molecule has 8 nitrogen and oxygen atoms in total. The molecule has 34 heavy (non-hydrogen) atoms. The molecule has 1 saturated heterocycles. The Balaban J connectivity index is 1.40. The van der Waals surface area contributed by atoms with E-state index in [-0.39, 0.29) is 23.5 Å². The van der Waals surface area contributed by atoms with Crippen molar-refractivity contribution in [3.63, 3.8) is 0 Å². The van der Waals surface area contributed by atoms with Crippen molar-refractivity contribution in [1.29, 1.82) is 0 Å². The van der Waals surface area contributed by atoms with Gasteiger partial charge in [0.05, 0.1) is 13.4 Å². The van der Waals surface area contributed by atoms with Gasteiger partial charge in [-0.2, -0.15) is 0 Å². The van der Waals surface area contributed by atoms with E-state index in [1.54, 1.807) is 59.4 Å². The molecule has 0 saturated carbocycles. The molecule has 1 aromatic heterocycles. The molecular formula is C26H27N3O5. The molecule has 1 aliphatic rings. The Morgan fingerprint density at radius 1 is 0.853 bits per heavy atom. The largest absolute Gasteiger partial charge is 0.496 e. The van der Waals surface area contributed by atoms with Crippen molar-refractivity contribution in [1.82, 2.24) is 9.80 Å². The SMILES string of the molecule is COc1cc(C(=O)N2CCN(C(=O)c3ccc(C)c(NC(=O)c4ccco4)c3)CC2)ccc1C. The molecule has 1 fully saturated rings. The second kappa shape index (κ2) is 9.82. The molecular weight excluding hydrogens is 434 g/mol. The highest BCUT2D eigenvalue weighted by molar-refractivity contribution is 6.04. The lowest BCUT2D eigenvalue weighted by Gasteiger charge is -2.35. The van der Waals surface area contributed by atoms with Gasteiger partial charge in [0.25, 0.3) is 17.7 Å². The fraction of sp³-hybridized carbons (Fsp3) is 0.269. The van der Waals surface area contributed by atoms with Crippen LogP contribution in [0.2, 0.25) is 0 Å². The maximum Gasteiger partial charge on any atom is 0.291 e. The Bertz CT molecular complexity index is 1210. The van der Waals surface area contributed by atoms with E-state index in [4.69, 9.17) is 9.15 Å². The van der Waals surface area contributed by atoms with E-state index in [2.05, 4.69) is 5.32 Å². The standard InChI is InChI=1S/C26H27N3O5/c1-17-6-8-19(15-21(17)27-24(30)22-5-4-14-34-22)25(31)28-10-12-29(13-11-28)26(32)20-9-7-18(2)23(16-20)33-3/h4-9,14-16H,10-13H2,1-3H3,(H,27,30). The van der Waals surface area contributed by atoms with Gasteiger partial charge in [0.2, 0.25) is 0 Å². The number of rotatable bonds is 5. The maximum atomic E-state index is 13.1. The number of hydrogen-bond donors (Lipinski definition) is 1. The van der Waals surface area contributed by atoms with Gasteiger partial charge >= 0.3 is 0 Å². The highest BCUT2D eigenvalue weighted by atomic mass is 16.5. The second-order valence-corrected chi connectivity index (χ2v) is 8.23. The van der Waals surface area contributed by atoms with Crippen LogP contribution in [0, 0.1) is 13.8 Å². The fourth-order valence-corrected chi connectivity index (χ4v) is 3.91. The Morgan fingerprint density at radius 2 is 1.44 bits per heavy atom. The molecule has 1 aliphatic heterocycles. The molecule has 0 aliphatic carbocycles. The molecule has 0 bridgehead atoms. The zero-order valence-corrected chi connectivity index (χ0v) is 19.5. The van der Waals surface area contributed by atoms with Gasteiger partial charge in [-0.15, -0.1) is 0 Å². The quantitative estimate of drug-likeness (QED) is 0.625. The summed E-state index contributed by atoms with van der Waals surface area (Å²) in [6.07, 6.45) is 1.43. The van der Waals surface area contributed by atoms with Crippen LogP contribution in [0.15, 0.2) is 59.2 Å². The lowest BCUT2D eigenvalue weighted by molar-refractivity contribution is 0.0535. The van der Waals surface area contributed by atoms with Crippen molar-refractivity contribution in [3.05, 3.63) is 82.8 Å². The van der Waals surface area contributed by atoms with Gasteiger partial charge in [-0.3, -0.25) is 14.4 Å². The Kier molecular flexibility index (Phi) is 6.67. The summed E-state index contributed by atoms with van der Waals surface area (Å²) in [6.45, 7) is 5.52. The third-order valence-electron chi connectivity index (χ3n) is 5.99. The average molecular weight is 462 g/mol. The lowest BCUT2D eigenvalue weighted by atomic mass is 10.1. The summed E-state index contributed by atoms with van der Waals surface area (Å²) >= 11 is 0. The van der Waals surface area contributed by atoms with E-state index in [1.165, 1.54) is 6.26 Å². The van der Waals surface area contributed by atoms with Gasteiger partial charge < -0.3 is 24.3 Å². The summed E-state index contributed by atoms with van der Waals surface area (Å²) in [7, 11) is 1.58. The van der Waals surface area contributed by atoms with Crippen molar-refractivity contribution in [2.75, 3.05) is 38.6 Å². The minimum Gasteiger partial charge on any atom is -0.496 e. The van der Waals surface area contributed by atoms with Gasteiger partial charge in [-0.25, -0.2) is 0 Å². The van der Waals surface area contributed by atoms with E-state index in [0.29, 0.717) is 48.7 Å². The normalized spacial score (nSPS) is 13.5. The summed E-state index contributed by atoms with van der Waals surface area (Å²) in [4.78, 5) is 41.9. The van der Waals surface area contributed by atoms with Crippen molar-refractivity contribution in [2.45, 2.75) is 13.8 Å². The van der Waals surface area contributed by atoms with Gasteiger partial charge in [-0.1, -0.05) is 12.1 Å². The Hall–Kier alpha value is -4.07. The number of piperazine rings is 1. The van der Waals surface area contributed by atoms with E-state index in [1.807, 2.05) is 19.9 Å². The molecule has 2 aromatic carbocycles. The summed E-state index contributed by atoms with van der Waals surface area (Å²) in [5.74, 6) is 0.274. The van der Waals surface area contributed by atoms with Crippen LogP contribution in [0.3, 0.4) is 0 Å². The molecule has 2 heterocycles. The molecule has 0 atom stereocenters. The number of aryl methyl sites for hydroxylation is 2. The Morgan fingerprint density at radius 3 is 2.00 bits per heavy atom. The summed E-state index contributed by atoms with van der Waals surface area (Å²) in [5, 5.41) is 2.80. The number of hydrogen-bond acceptors (Lipinski definition) is 5. The van der Waals surface area contributed by atoms with E-state index in [0.717, 1.165) is 11.1 Å². The van der Waals surface area contributed by atoms with Crippen LogP contribution in [-0.2, 0) is 0 Å². The van der Waals surface area contributed by atoms with E-state index < -0.39 is 0 Å². The van der Waals surface area contributed by atoms with E-state index >= 15 is 0 Å². The first-order valence-corrected chi connectivity index (χ1v) is 11.1. The molecule has 1 N–H and O–H groups in total. The van der Waals surface area contributed by atoms with Crippen LogP contribution in [0.5, 0.6) is 5.75 Å². The molecule has 3 aromatic rings. The maximum absolute atomic E-state index is 13.1. The number of amides is 3. The molecule has 4 rings (SSSR count). The van der Waals surface area contributed by atoms with Crippen LogP contribution >= 0.6 is 0 Å². The number of carbonyl (C=O) groups is 3. The number of methoxy groups -OCH3 is 1. The van der Waals surface area contributed by atoms with Crippen molar-refractivity contribution in [2.24, 2.45) is 0 Å². The number of furan rings is 1. The zero-order valence-electron chi connectivity index (χ0n) is 19.5. The third kappa shape index (κ3) is 4.80. The van der Waals surface area contributed by atoms with Crippen LogP contribution in [-0.4, -0.2) is 60.8 Å². The van der Waals surface area contributed by atoms with Gasteiger partial charge in [0.1, 0.15) is 5.75 Å². The van der Waals surface area contributed by atoms with Crippen molar-refractivity contribution >= 4 is 23.4 Å². The van der Waals surface area contributed by atoms with Crippen molar-refractivity contribution < 1.29 is 23.5 Å². The van der Waals surface area contributed by atoms with Crippen LogP contribution < -0.4 is 10.1 Å². The monoisotopic (exact) mass is 461 g/mol. The summed E-state index contributed by atoms with van der Waals surface area (Å²) in [6, 6.07) is 13.9. The number of ether oxygens (including phenoxy) is 1. The predicted octanol–water partition coefficient (Wildman–Crippen LogP) is 3.76. The molecule has 3 amide bonds. The van der Waals surface area contributed by atoms with Crippen LogP contribution in [0.1, 0.15) is 42.4 Å². The van der Waals surface area contributed by atoms with Gasteiger partial charge in [0.15, 0.2) is 5.76 Å². The molecule has 0 radical (unpaired) electrons. The smallest absolute Gasteiger partial charge is 0.291 e. The third-order valence-corrected chi connectivity index (χ3v) is 5.99. The predicted molar refractivity (Wildman–Crippen MR) is 127 cm³/mol. The minimum absolute atomic E-state index is 0.0799. The minimum atomic E-state index is -0.377. The lowest BCUT2D eigenvalue weighted by Crippen LogP contribution is -2.50. The first kappa shape index (κ1) is 23.1.